The van der Waals surface area contributed by atoms with Gasteiger partial charge in [-0.1, -0.05) is 0 Å². The van der Waals surface area contributed by atoms with E-state index in [1.54, 1.807) is 21.3 Å². The maximum atomic E-state index is 12.7. The van der Waals surface area contributed by atoms with Crippen LogP contribution in [0.25, 0.3) is 0 Å². The van der Waals surface area contributed by atoms with Crippen LogP contribution in [-0.2, 0) is 11.3 Å². The fraction of sp³-hybridized carbons (Fsp3) is 0.650. The topological polar surface area (TPSA) is 51.2 Å². The SMILES string of the molecule is CCN(CC)C(=O)[C@H]1CCCN(Cc2cc(OC)c(OC)c(OC)c2)C1. The van der Waals surface area contributed by atoms with E-state index in [0.29, 0.717) is 17.2 Å². The van der Waals surface area contributed by atoms with Gasteiger partial charge >= 0.3 is 0 Å². The zero-order valence-corrected chi connectivity index (χ0v) is 16.7. The van der Waals surface area contributed by atoms with Crippen molar-refractivity contribution in [1.82, 2.24) is 9.80 Å². The molecule has 1 heterocycles. The first-order valence-electron chi connectivity index (χ1n) is 9.37. The second-order valence-electron chi connectivity index (χ2n) is 6.62. The number of carbonyl (C=O) groups excluding carboxylic acids is 1. The van der Waals surface area contributed by atoms with Crippen molar-refractivity contribution in [2.24, 2.45) is 5.92 Å². The lowest BCUT2D eigenvalue weighted by Crippen LogP contribution is -2.44. The molecule has 1 saturated heterocycles. The Morgan fingerprint density at radius 3 is 2.23 bits per heavy atom. The van der Waals surface area contributed by atoms with Crippen molar-refractivity contribution >= 4 is 5.91 Å². The summed E-state index contributed by atoms with van der Waals surface area (Å²) in [5.74, 6) is 2.30. The second kappa shape index (κ2) is 9.67. The van der Waals surface area contributed by atoms with Crippen LogP contribution >= 0.6 is 0 Å². The Hall–Kier alpha value is -1.95. The molecule has 0 aromatic heterocycles. The van der Waals surface area contributed by atoms with Gasteiger partial charge < -0.3 is 19.1 Å². The van der Waals surface area contributed by atoms with Crippen molar-refractivity contribution in [3.05, 3.63) is 17.7 Å². The van der Waals surface area contributed by atoms with E-state index >= 15 is 0 Å². The normalized spacial score (nSPS) is 17.7. The summed E-state index contributed by atoms with van der Waals surface area (Å²) in [5, 5.41) is 0. The molecule has 1 atom stereocenters. The lowest BCUT2D eigenvalue weighted by atomic mass is 9.96. The summed E-state index contributed by atoms with van der Waals surface area (Å²) >= 11 is 0. The van der Waals surface area contributed by atoms with Crippen LogP contribution in [0.5, 0.6) is 17.2 Å². The quantitative estimate of drug-likeness (QED) is 0.710. The zero-order chi connectivity index (χ0) is 19.1. The largest absolute Gasteiger partial charge is 0.493 e. The summed E-state index contributed by atoms with van der Waals surface area (Å²) in [6, 6.07) is 3.97. The number of rotatable bonds is 8. The predicted octanol–water partition coefficient (Wildman–Crippen LogP) is 2.79. The lowest BCUT2D eigenvalue weighted by Gasteiger charge is -2.34. The molecule has 0 unspecified atom stereocenters. The highest BCUT2D eigenvalue weighted by Crippen LogP contribution is 2.38. The fourth-order valence-electron chi connectivity index (χ4n) is 3.68. The first-order chi connectivity index (χ1) is 12.6. The zero-order valence-electron chi connectivity index (χ0n) is 16.7. The van der Waals surface area contributed by atoms with Crippen LogP contribution in [0.2, 0.25) is 0 Å². The van der Waals surface area contributed by atoms with E-state index in [9.17, 15) is 4.79 Å². The summed E-state index contributed by atoms with van der Waals surface area (Å²) in [6.45, 7) is 8.19. The minimum Gasteiger partial charge on any atom is -0.493 e. The third kappa shape index (κ3) is 4.61. The smallest absolute Gasteiger partial charge is 0.226 e. The van der Waals surface area contributed by atoms with Crippen LogP contribution in [0.1, 0.15) is 32.3 Å². The number of carbonyl (C=O) groups is 1. The Morgan fingerprint density at radius 2 is 1.73 bits per heavy atom. The summed E-state index contributed by atoms with van der Waals surface area (Å²) in [5.41, 5.74) is 1.09. The van der Waals surface area contributed by atoms with E-state index < -0.39 is 0 Å². The molecular formula is C20H32N2O4. The molecule has 1 fully saturated rings. The van der Waals surface area contributed by atoms with Crippen LogP contribution in [0.15, 0.2) is 12.1 Å². The Balaban J connectivity index is 2.11. The molecule has 0 radical (unpaired) electrons. The van der Waals surface area contributed by atoms with E-state index in [1.165, 1.54) is 0 Å². The summed E-state index contributed by atoms with van der Waals surface area (Å²) < 4.78 is 16.3. The summed E-state index contributed by atoms with van der Waals surface area (Å²) in [4.78, 5) is 17.0. The maximum Gasteiger partial charge on any atom is 0.226 e. The van der Waals surface area contributed by atoms with Gasteiger partial charge in [0.25, 0.3) is 0 Å². The molecule has 0 N–H and O–H groups in total. The van der Waals surface area contributed by atoms with Crippen LogP contribution in [0.3, 0.4) is 0 Å². The predicted molar refractivity (Wildman–Crippen MR) is 102 cm³/mol. The van der Waals surface area contributed by atoms with Crippen LogP contribution in [-0.4, -0.2) is 63.2 Å². The molecule has 1 aliphatic heterocycles. The molecule has 1 aromatic rings. The van der Waals surface area contributed by atoms with Gasteiger partial charge in [-0.25, -0.2) is 0 Å². The van der Waals surface area contributed by atoms with Crippen molar-refractivity contribution < 1.29 is 19.0 Å². The number of piperidine rings is 1. The maximum absolute atomic E-state index is 12.7. The third-order valence-electron chi connectivity index (χ3n) is 5.06. The van der Waals surface area contributed by atoms with Gasteiger partial charge in [0.05, 0.1) is 27.2 Å². The number of nitrogens with zero attached hydrogens (tertiary/aromatic N) is 2. The molecule has 0 aliphatic carbocycles. The van der Waals surface area contributed by atoms with E-state index in [0.717, 1.165) is 51.1 Å². The average Bonchev–Trinajstić information content (AvgIpc) is 2.68. The van der Waals surface area contributed by atoms with Gasteiger partial charge in [-0.15, -0.1) is 0 Å². The molecule has 6 heteroatoms. The molecule has 1 amide bonds. The molecule has 0 saturated carbocycles. The molecule has 0 spiro atoms. The first kappa shape index (κ1) is 20.4. The molecule has 146 valence electrons. The average molecular weight is 364 g/mol. The van der Waals surface area contributed by atoms with Gasteiger partial charge in [0.2, 0.25) is 11.7 Å². The van der Waals surface area contributed by atoms with Crippen molar-refractivity contribution in [2.75, 3.05) is 47.5 Å². The van der Waals surface area contributed by atoms with E-state index in [-0.39, 0.29) is 11.8 Å². The lowest BCUT2D eigenvalue weighted by molar-refractivity contribution is -0.137. The minimum absolute atomic E-state index is 0.0886. The summed E-state index contributed by atoms with van der Waals surface area (Å²) in [7, 11) is 4.86. The summed E-state index contributed by atoms with van der Waals surface area (Å²) in [6.07, 6.45) is 2.02. The van der Waals surface area contributed by atoms with Gasteiger partial charge in [-0.3, -0.25) is 9.69 Å². The van der Waals surface area contributed by atoms with Gasteiger partial charge in [0, 0.05) is 26.2 Å². The monoisotopic (exact) mass is 364 g/mol. The second-order valence-corrected chi connectivity index (χ2v) is 6.62. The number of benzene rings is 1. The van der Waals surface area contributed by atoms with Crippen molar-refractivity contribution in [3.8, 4) is 17.2 Å². The highest BCUT2D eigenvalue weighted by Gasteiger charge is 2.28. The highest BCUT2D eigenvalue weighted by atomic mass is 16.5. The van der Waals surface area contributed by atoms with E-state index in [2.05, 4.69) is 4.90 Å². The molecule has 26 heavy (non-hydrogen) atoms. The van der Waals surface area contributed by atoms with E-state index in [4.69, 9.17) is 14.2 Å². The fourth-order valence-corrected chi connectivity index (χ4v) is 3.68. The van der Waals surface area contributed by atoms with Gasteiger partial charge in [-0.05, 0) is 50.9 Å². The van der Waals surface area contributed by atoms with Crippen molar-refractivity contribution in [2.45, 2.75) is 33.2 Å². The highest BCUT2D eigenvalue weighted by molar-refractivity contribution is 5.79. The van der Waals surface area contributed by atoms with Crippen molar-refractivity contribution in [3.63, 3.8) is 0 Å². The molecule has 1 aliphatic rings. The number of ether oxygens (including phenoxy) is 3. The molecule has 2 rings (SSSR count). The number of methoxy groups -OCH3 is 3. The van der Waals surface area contributed by atoms with Gasteiger partial charge in [-0.2, -0.15) is 0 Å². The first-order valence-corrected chi connectivity index (χ1v) is 9.37. The Labute approximate surface area is 157 Å². The Morgan fingerprint density at radius 1 is 1.12 bits per heavy atom. The Bertz CT molecular complexity index is 576. The van der Waals surface area contributed by atoms with Crippen LogP contribution in [0.4, 0.5) is 0 Å². The molecule has 6 nitrogen and oxygen atoms in total. The number of likely N-dealkylation sites (tertiary alicyclic amines) is 1. The number of hydrogen-bond donors (Lipinski definition) is 0. The van der Waals surface area contributed by atoms with E-state index in [1.807, 2.05) is 30.9 Å². The van der Waals surface area contributed by atoms with Gasteiger partial charge in [0.15, 0.2) is 11.5 Å². The number of hydrogen-bond acceptors (Lipinski definition) is 5. The molecular weight excluding hydrogens is 332 g/mol. The van der Waals surface area contributed by atoms with Crippen molar-refractivity contribution in [1.29, 1.82) is 0 Å². The van der Waals surface area contributed by atoms with Crippen LogP contribution < -0.4 is 14.2 Å². The number of amides is 1. The molecule has 0 bridgehead atoms. The standard InChI is InChI=1S/C20H32N2O4/c1-6-22(7-2)20(23)16-9-8-10-21(14-16)13-15-11-17(24-3)19(26-5)18(12-15)25-4/h11-12,16H,6-10,13-14H2,1-5H3/t16-/m0/s1. The van der Waals surface area contributed by atoms with Crippen LogP contribution in [0, 0.1) is 5.92 Å². The third-order valence-corrected chi connectivity index (χ3v) is 5.06. The molecule has 1 aromatic carbocycles. The Kier molecular flexibility index (Phi) is 7.57. The minimum atomic E-state index is 0.0886. The van der Waals surface area contributed by atoms with Gasteiger partial charge in [0.1, 0.15) is 0 Å².